The fourth-order valence-corrected chi connectivity index (χ4v) is 3.09. The van der Waals surface area contributed by atoms with Gasteiger partial charge in [0, 0.05) is 0 Å². The largest absolute Gasteiger partial charge is 0.481 e. The Morgan fingerprint density at radius 1 is 1.28 bits per heavy atom. The van der Waals surface area contributed by atoms with E-state index in [0.717, 1.165) is 25.1 Å². The lowest BCUT2D eigenvalue weighted by Crippen LogP contribution is -2.45. The summed E-state index contributed by atoms with van der Waals surface area (Å²) in [7, 11) is 0. The molecule has 1 aromatic carbocycles. The van der Waals surface area contributed by atoms with Crippen LogP contribution in [0.1, 0.15) is 38.2 Å². The van der Waals surface area contributed by atoms with Crippen molar-refractivity contribution in [2.75, 3.05) is 13.1 Å². The molecule has 1 atom stereocenters. The van der Waals surface area contributed by atoms with Crippen molar-refractivity contribution in [3.63, 3.8) is 0 Å². The van der Waals surface area contributed by atoms with E-state index in [-0.39, 0.29) is 12.0 Å². The molecule has 0 amide bonds. The average Bonchev–Trinajstić information content (AvgIpc) is 2.91. The van der Waals surface area contributed by atoms with Gasteiger partial charge >= 0.3 is 5.97 Å². The van der Waals surface area contributed by atoms with Gasteiger partial charge in [-0.2, -0.15) is 0 Å². The van der Waals surface area contributed by atoms with E-state index in [9.17, 15) is 9.90 Å². The molecule has 3 heteroatoms. The maximum atomic E-state index is 11.3. The van der Waals surface area contributed by atoms with Gasteiger partial charge in [0.15, 0.2) is 0 Å². The molecule has 0 bridgehead atoms. The minimum atomic E-state index is -0.715. The normalized spacial score (nSPS) is 19.6. The number of hydrogen-bond donors (Lipinski definition) is 1. The highest BCUT2D eigenvalue weighted by molar-refractivity contribution is 5.69. The first kappa shape index (κ1) is 13.1. The van der Waals surface area contributed by atoms with Crippen molar-refractivity contribution in [2.45, 2.75) is 38.1 Å². The molecule has 1 aromatic rings. The van der Waals surface area contributed by atoms with Gasteiger partial charge in [-0.05, 0) is 37.9 Å². The van der Waals surface area contributed by atoms with Gasteiger partial charge in [-0.3, -0.25) is 9.69 Å². The van der Waals surface area contributed by atoms with Crippen molar-refractivity contribution in [1.29, 1.82) is 0 Å². The molecule has 1 N–H and O–H groups in total. The van der Waals surface area contributed by atoms with Gasteiger partial charge < -0.3 is 5.11 Å². The Balaban J connectivity index is 2.39. The predicted octanol–water partition coefficient (Wildman–Crippen LogP) is 2.86. The fourth-order valence-electron chi connectivity index (χ4n) is 3.09. The zero-order valence-corrected chi connectivity index (χ0v) is 10.9. The maximum absolute atomic E-state index is 11.3. The molecular weight excluding hydrogens is 226 g/mol. The third-order valence-corrected chi connectivity index (χ3v) is 4.05. The molecule has 0 spiro atoms. The zero-order chi connectivity index (χ0) is 13.0. The third kappa shape index (κ3) is 2.41. The fraction of sp³-hybridized carbons (Fsp3) is 0.533. The van der Waals surface area contributed by atoms with E-state index >= 15 is 0 Å². The Labute approximate surface area is 108 Å². The second kappa shape index (κ2) is 5.53. The highest BCUT2D eigenvalue weighted by atomic mass is 16.4. The molecule has 1 saturated heterocycles. The Morgan fingerprint density at radius 3 is 2.39 bits per heavy atom. The minimum absolute atomic E-state index is 0.188. The number of carboxylic acids is 1. The maximum Gasteiger partial charge on any atom is 0.305 e. The van der Waals surface area contributed by atoms with E-state index in [0.29, 0.717) is 0 Å². The van der Waals surface area contributed by atoms with Crippen LogP contribution in [0.15, 0.2) is 30.3 Å². The average molecular weight is 247 g/mol. The Hall–Kier alpha value is -1.35. The number of nitrogens with zero attached hydrogens (tertiary/aromatic N) is 1. The van der Waals surface area contributed by atoms with Gasteiger partial charge in [0.2, 0.25) is 0 Å². The van der Waals surface area contributed by atoms with Gasteiger partial charge in [-0.1, -0.05) is 37.3 Å². The van der Waals surface area contributed by atoms with E-state index in [4.69, 9.17) is 0 Å². The van der Waals surface area contributed by atoms with Crippen LogP contribution in [0.4, 0.5) is 0 Å². The minimum Gasteiger partial charge on any atom is -0.481 e. The Bertz CT molecular complexity index is 398. The molecule has 0 saturated carbocycles. The third-order valence-electron chi connectivity index (χ3n) is 4.05. The van der Waals surface area contributed by atoms with Crippen LogP contribution < -0.4 is 0 Å². The first-order valence-electron chi connectivity index (χ1n) is 6.71. The summed E-state index contributed by atoms with van der Waals surface area (Å²) in [5.74, 6) is -0.715. The molecule has 1 unspecified atom stereocenters. The van der Waals surface area contributed by atoms with Crippen LogP contribution in [0.3, 0.4) is 0 Å². The summed E-state index contributed by atoms with van der Waals surface area (Å²) >= 11 is 0. The summed E-state index contributed by atoms with van der Waals surface area (Å²) in [5.41, 5.74) is 0.806. The standard InChI is InChI=1S/C15H21NO2/c1-2-15(12-14(17)18,16-10-6-7-11-16)13-8-4-3-5-9-13/h3-5,8-9H,2,6-7,10-12H2,1H3,(H,17,18). The molecule has 1 heterocycles. The van der Waals surface area contributed by atoms with E-state index in [1.165, 1.54) is 12.8 Å². The Morgan fingerprint density at radius 2 is 1.89 bits per heavy atom. The summed E-state index contributed by atoms with van der Waals surface area (Å²) in [6.07, 6.45) is 3.37. The smallest absolute Gasteiger partial charge is 0.305 e. The van der Waals surface area contributed by atoms with Crippen molar-refractivity contribution >= 4 is 5.97 Å². The lowest BCUT2D eigenvalue weighted by Gasteiger charge is -2.41. The number of carboxylic acid groups (broad SMARTS) is 1. The second-order valence-electron chi connectivity index (χ2n) is 5.02. The van der Waals surface area contributed by atoms with Crippen molar-refractivity contribution in [3.05, 3.63) is 35.9 Å². The summed E-state index contributed by atoms with van der Waals surface area (Å²) in [6.45, 7) is 4.11. The molecule has 0 radical (unpaired) electrons. The summed E-state index contributed by atoms with van der Waals surface area (Å²) in [6, 6.07) is 10.1. The molecular formula is C15H21NO2. The van der Waals surface area contributed by atoms with Crippen LogP contribution in [0.25, 0.3) is 0 Å². The van der Waals surface area contributed by atoms with Crippen molar-refractivity contribution < 1.29 is 9.90 Å². The first-order chi connectivity index (χ1) is 8.69. The van der Waals surface area contributed by atoms with Gasteiger partial charge in [-0.25, -0.2) is 0 Å². The molecule has 1 fully saturated rings. The van der Waals surface area contributed by atoms with Gasteiger partial charge in [0.05, 0.1) is 12.0 Å². The van der Waals surface area contributed by atoms with Crippen LogP contribution >= 0.6 is 0 Å². The van der Waals surface area contributed by atoms with Gasteiger partial charge in [0.1, 0.15) is 0 Å². The number of benzene rings is 1. The molecule has 1 aliphatic rings. The summed E-state index contributed by atoms with van der Waals surface area (Å²) in [4.78, 5) is 13.6. The van der Waals surface area contributed by atoms with E-state index < -0.39 is 5.97 Å². The summed E-state index contributed by atoms with van der Waals surface area (Å²) in [5, 5.41) is 9.28. The highest BCUT2D eigenvalue weighted by Crippen LogP contribution is 2.37. The van der Waals surface area contributed by atoms with Crippen LogP contribution in [-0.4, -0.2) is 29.1 Å². The number of likely N-dealkylation sites (tertiary alicyclic amines) is 1. The topological polar surface area (TPSA) is 40.5 Å². The lowest BCUT2D eigenvalue weighted by atomic mass is 9.82. The van der Waals surface area contributed by atoms with Crippen LogP contribution in [-0.2, 0) is 10.3 Å². The lowest BCUT2D eigenvalue weighted by molar-refractivity contribution is -0.140. The van der Waals surface area contributed by atoms with Crippen molar-refractivity contribution in [1.82, 2.24) is 4.90 Å². The van der Waals surface area contributed by atoms with E-state index in [2.05, 4.69) is 24.0 Å². The SMILES string of the molecule is CCC(CC(=O)O)(c1ccccc1)N1CCCC1. The van der Waals surface area contributed by atoms with Crippen molar-refractivity contribution in [2.24, 2.45) is 0 Å². The van der Waals surface area contributed by atoms with Gasteiger partial charge in [-0.15, -0.1) is 0 Å². The summed E-state index contributed by atoms with van der Waals surface area (Å²) < 4.78 is 0. The monoisotopic (exact) mass is 247 g/mol. The molecule has 98 valence electrons. The molecule has 18 heavy (non-hydrogen) atoms. The van der Waals surface area contributed by atoms with Crippen molar-refractivity contribution in [3.8, 4) is 0 Å². The molecule has 3 nitrogen and oxygen atoms in total. The quantitative estimate of drug-likeness (QED) is 0.869. The van der Waals surface area contributed by atoms with Crippen LogP contribution in [0, 0.1) is 0 Å². The Kier molecular flexibility index (Phi) is 4.02. The number of rotatable bonds is 5. The van der Waals surface area contributed by atoms with Crippen LogP contribution in [0.5, 0.6) is 0 Å². The first-order valence-corrected chi connectivity index (χ1v) is 6.71. The molecule has 0 aromatic heterocycles. The zero-order valence-electron chi connectivity index (χ0n) is 10.9. The molecule has 0 aliphatic carbocycles. The molecule has 2 rings (SSSR count). The van der Waals surface area contributed by atoms with Gasteiger partial charge in [0.25, 0.3) is 0 Å². The van der Waals surface area contributed by atoms with E-state index in [1.807, 2.05) is 18.2 Å². The number of hydrogen-bond acceptors (Lipinski definition) is 2. The van der Waals surface area contributed by atoms with E-state index in [1.54, 1.807) is 0 Å². The number of carbonyl (C=O) groups is 1. The predicted molar refractivity (Wildman–Crippen MR) is 71.5 cm³/mol. The second-order valence-corrected chi connectivity index (χ2v) is 5.02. The van der Waals surface area contributed by atoms with Crippen LogP contribution in [0.2, 0.25) is 0 Å². The number of aliphatic carboxylic acids is 1. The molecule has 1 aliphatic heterocycles. The highest BCUT2D eigenvalue weighted by Gasteiger charge is 2.39.